The predicted molar refractivity (Wildman–Crippen MR) is 117 cm³/mol. The highest BCUT2D eigenvalue weighted by Crippen LogP contribution is 2.52. The smallest absolute Gasteiger partial charge is 0.126 e. The molecule has 1 heterocycles. The molecule has 1 aromatic carbocycles. The lowest BCUT2D eigenvalue weighted by Gasteiger charge is -2.19. The molecule has 0 unspecified atom stereocenters. The van der Waals surface area contributed by atoms with Gasteiger partial charge in [0, 0.05) is 30.2 Å². The summed E-state index contributed by atoms with van der Waals surface area (Å²) >= 11 is 0. The number of rotatable bonds is 9. The molecule has 6 atom stereocenters. The Morgan fingerprint density at radius 2 is 2.17 bits per heavy atom. The molecule has 1 saturated carbocycles. The van der Waals surface area contributed by atoms with Gasteiger partial charge in [0.1, 0.15) is 11.9 Å². The third-order valence-corrected chi connectivity index (χ3v) is 6.33. The third-order valence-electron chi connectivity index (χ3n) is 6.33. The molecule has 1 fully saturated rings. The number of para-hydroxylation sites is 1. The largest absolute Gasteiger partial charge is 0.489 e. The summed E-state index contributed by atoms with van der Waals surface area (Å²) in [5.41, 5.74) is 2.49. The summed E-state index contributed by atoms with van der Waals surface area (Å²) in [6.07, 6.45) is 7.49. The van der Waals surface area contributed by atoms with Crippen LogP contribution in [0.1, 0.15) is 56.6 Å². The van der Waals surface area contributed by atoms with Gasteiger partial charge in [-0.25, -0.2) is 0 Å². The number of ether oxygens (including phenoxy) is 1. The molecule has 158 valence electrons. The van der Waals surface area contributed by atoms with Crippen molar-refractivity contribution >= 4 is 0 Å². The maximum Gasteiger partial charge on any atom is 0.126 e. The highest BCUT2D eigenvalue weighted by atomic mass is 16.5. The Kier molecular flexibility index (Phi) is 7.77. The molecular formula is C25H35NO3. The fraction of sp³-hybridized carbons (Fsp3) is 0.600. The lowest BCUT2D eigenvalue weighted by atomic mass is 9.86. The number of benzene rings is 1. The number of fused-ring (bicyclic) bond motifs is 3. The van der Waals surface area contributed by atoms with Crippen molar-refractivity contribution in [2.45, 2.75) is 70.2 Å². The van der Waals surface area contributed by atoms with Crippen molar-refractivity contribution in [1.29, 1.82) is 0 Å². The van der Waals surface area contributed by atoms with Gasteiger partial charge in [0.25, 0.3) is 0 Å². The molecule has 2 aliphatic rings. The minimum Gasteiger partial charge on any atom is -0.489 e. The quantitative estimate of drug-likeness (QED) is 0.339. The van der Waals surface area contributed by atoms with Crippen LogP contribution in [-0.4, -0.2) is 42.1 Å². The van der Waals surface area contributed by atoms with Crippen molar-refractivity contribution < 1.29 is 14.9 Å². The number of aliphatic hydroxyl groups excluding tert-OH is 2. The molecule has 3 rings (SSSR count). The average molecular weight is 398 g/mol. The molecule has 0 aromatic heterocycles. The number of aryl methyl sites for hydroxylation is 1. The van der Waals surface area contributed by atoms with E-state index in [1.54, 1.807) is 0 Å². The van der Waals surface area contributed by atoms with Crippen molar-refractivity contribution in [2.75, 3.05) is 13.6 Å². The predicted octanol–water partition coefficient (Wildman–Crippen LogP) is 3.42. The molecule has 1 aliphatic heterocycles. The summed E-state index contributed by atoms with van der Waals surface area (Å²) in [5, 5.41) is 24.3. The van der Waals surface area contributed by atoms with Crippen molar-refractivity contribution in [3.63, 3.8) is 0 Å². The van der Waals surface area contributed by atoms with Gasteiger partial charge in [0.05, 0.1) is 12.2 Å². The number of hydrogen-bond acceptors (Lipinski definition) is 4. The van der Waals surface area contributed by atoms with Crippen LogP contribution in [0.15, 0.2) is 30.4 Å². The summed E-state index contributed by atoms with van der Waals surface area (Å²) in [5.74, 6) is 7.15. The molecular weight excluding hydrogens is 362 g/mol. The summed E-state index contributed by atoms with van der Waals surface area (Å²) in [7, 11) is 1.98. The van der Waals surface area contributed by atoms with E-state index in [2.05, 4.69) is 35.4 Å². The fourth-order valence-corrected chi connectivity index (χ4v) is 4.60. The topological polar surface area (TPSA) is 61.7 Å². The number of nitrogens with one attached hydrogen (secondary N) is 1. The first kappa shape index (κ1) is 21.9. The van der Waals surface area contributed by atoms with E-state index in [1.165, 1.54) is 11.1 Å². The fourth-order valence-electron chi connectivity index (χ4n) is 4.60. The Labute approximate surface area is 175 Å². The summed E-state index contributed by atoms with van der Waals surface area (Å²) < 4.78 is 6.34. The Morgan fingerprint density at radius 3 is 2.93 bits per heavy atom. The molecule has 0 spiro atoms. The maximum absolute atomic E-state index is 10.6. The highest BCUT2D eigenvalue weighted by molar-refractivity contribution is 5.49. The molecule has 0 saturated heterocycles. The zero-order valence-corrected chi connectivity index (χ0v) is 17.9. The van der Waals surface area contributed by atoms with Gasteiger partial charge in [-0.2, -0.15) is 0 Å². The van der Waals surface area contributed by atoms with Crippen molar-refractivity contribution in [3.05, 3.63) is 41.5 Å². The average Bonchev–Trinajstić information content (AvgIpc) is 3.22. The summed E-state index contributed by atoms with van der Waals surface area (Å²) in [4.78, 5) is 0. The van der Waals surface area contributed by atoms with Gasteiger partial charge in [0.2, 0.25) is 0 Å². The van der Waals surface area contributed by atoms with Crippen LogP contribution in [0.4, 0.5) is 0 Å². The highest BCUT2D eigenvalue weighted by Gasteiger charge is 2.48. The normalized spacial score (nSPS) is 27.1. The second-order valence-corrected chi connectivity index (χ2v) is 8.44. The molecule has 29 heavy (non-hydrogen) atoms. The van der Waals surface area contributed by atoms with Gasteiger partial charge in [-0.3, -0.25) is 0 Å². The van der Waals surface area contributed by atoms with Gasteiger partial charge < -0.3 is 20.3 Å². The number of hydrogen-bond donors (Lipinski definition) is 3. The van der Waals surface area contributed by atoms with Crippen molar-refractivity contribution in [2.24, 2.45) is 11.8 Å². The van der Waals surface area contributed by atoms with Gasteiger partial charge in [-0.15, -0.1) is 11.8 Å². The SMILES string of the molecule is CC#CC[C@@H](C)[C@H](O)C=C[C@@H]1[C@H]2c3cccc(CCCCNC)c3O[C@H]2C[C@H]1O. The van der Waals surface area contributed by atoms with Gasteiger partial charge in [0.15, 0.2) is 0 Å². The van der Waals surface area contributed by atoms with E-state index in [0.717, 1.165) is 31.6 Å². The first-order valence-electron chi connectivity index (χ1n) is 10.9. The summed E-state index contributed by atoms with van der Waals surface area (Å²) in [6, 6.07) is 6.43. The number of unbranched alkanes of at least 4 members (excludes halogenated alkanes) is 1. The van der Waals surface area contributed by atoms with Gasteiger partial charge in [-0.05, 0) is 51.3 Å². The zero-order valence-electron chi connectivity index (χ0n) is 17.9. The van der Waals surface area contributed by atoms with E-state index in [9.17, 15) is 10.2 Å². The lowest BCUT2D eigenvalue weighted by molar-refractivity contribution is 0.134. The van der Waals surface area contributed by atoms with E-state index < -0.39 is 12.2 Å². The first-order chi connectivity index (χ1) is 14.1. The Balaban J connectivity index is 1.72. The minimum atomic E-state index is -0.553. The van der Waals surface area contributed by atoms with E-state index in [0.29, 0.717) is 12.8 Å². The molecule has 4 heteroatoms. The van der Waals surface area contributed by atoms with Crippen molar-refractivity contribution in [3.8, 4) is 17.6 Å². The van der Waals surface area contributed by atoms with E-state index in [4.69, 9.17) is 4.74 Å². The second-order valence-electron chi connectivity index (χ2n) is 8.44. The van der Waals surface area contributed by atoms with Gasteiger partial charge in [-0.1, -0.05) is 37.3 Å². The lowest BCUT2D eigenvalue weighted by Crippen LogP contribution is -2.19. The van der Waals surface area contributed by atoms with E-state index >= 15 is 0 Å². The standard InChI is InChI=1S/C25H35NO3/c1-4-5-9-17(2)21(27)14-13-19-22(28)16-23-24(19)20-12-8-11-18(25(20)29-23)10-6-7-15-26-3/h8,11-14,17,19,21-24,26-28H,6-7,9-10,15-16H2,1-3H3/t17-,19+,21-,22-,23+,24+/m1/s1. The molecule has 0 amide bonds. The van der Waals surface area contributed by atoms with Crippen molar-refractivity contribution in [1.82, 2.24) is 5.32 Å². The monoisotopic (exact) mass is 397 g/mol. The Hall–Kier alpha value is -1.80. The van der Waals surface area contributed by atoms with Crippen LogP contribution in [0.3, 0.4) is 0 Å². The minimum absolute atomic E-state index is 0.0219. The Morgan fingerprint density at radius 1 is 1.34 bits per heavy atom. The third kappa shape index (κ3) is 5.04. The first-order valence-corrected chi connectivity index (χ1v) is 10.9. The van der Waals surface area contributed by atoms with Crippen LogP contribution in [0.2, 0.25) is 0 Å². The molecule has 0 radical (unpaired) electrons. The maximum atomic E-state index is 10.6. The zero-order chi connectivity index (χ0) is 20.8. The molecule has 4 nitrogen and oxygen atoms in total. The molecule has 0 bridgehead atoms. The number of aliphatic hydroxyl groups is 2. The van der Waals surface area contributed by atoms with Crippen LogP contribution < -0.4 is 10.1 Å². The van der Waals surface area contributed by atoms with Crippen LogP contribution in [-0.2, 0) is 6.42 Å². The molecule has 1 aromatic rings. The van der Waals surface area contributed by atoms with Crippen LogP contribution in [0.25, 0.3) is 0 Å². The second kappa shape index (κ2) is 10.3. The molecule has 3 N–H and O–H groups in total. The van der Waals surface area contributed by atoms with E-state index in [-0.39, 0.29) is 23.9 Å². The van der Waals surface area contributed by atoms with Crippen LogP contribution in [0.5, 0.6) is 5.75 Å². The van der Waals surface area contributed by atoms with Crippen LogP contribution >= 0.6 is 0 Å². The summed E-state index contributed by atoms with van der Waals surface area (Å²) in [6.45, 7) is 4.85. The molecule has 1 aliphatic carbocycles. The van der Waals surface area contributed by atoms with Gasteiger partial charge >= 0.3 is 0 Å². The Bertz CT molecular complexity index is 763. The van der Waals surface area contributed by atoms with Crippen LogP contribution in [0, 0.1) is 23.7 Å². The van der Waals surface area contributed by atoms with E-state index in [1.807, 2.05) is 33.0 Å².